The fourth-order valence-corrected chi connectivity index (χ4v) is 8.50. The Labute approximate surface area is 188 Å². The van der Waals surface area contributed by atoms with Crippen LogP contribution in [0.3, 0.4) is 0 Å². The van der Waals surface area contributed by atoms with E-state index in [9.17, 15) is 24.6 Å². The third-order valence-electron chi connectivity index (χ3n) is 9.77. The van der Waals surface area contributed by atoms with Gasteiger partial charge in [-0.05, 0) is 43.6 Å². The molecule has 0 aromatic carbocycles. The van der Waals surface area contributed by atoms with Crippen LogP contribution in [0.1, 0.15) is 66.7 Å². The number of hydrogen-bond acceptors (Lipinski definition) is 6. The van der Waals surface area contributed by atoms with E-state index < -0.39 is 58.4 Å². The largest absolute Gasteiger partial charge is 0.450 e. The van der Waals surface area contributed by atoms with Crippen LogP contribution in [0.5, 0.6) is 0 Å². The molecule has 3 saturated carbocycles. The third kappa shape index (κ3) is 2.61. The Morgan fingerprint density at radius 1 is 1.22 bits per heavy atom. The Morgan fingerprint density at radius 3 is 2.47 bits per heavy atom. The van der Waals surface area contributed by atoms with Crippen LogP contribution in [0.4, 0.5) is 4.39 Å². The summed E-state index contributed by atoms with van der Waals surface area (Å²) in [6.07, 6.45) is 1.63. The summed E-state index contributed by atoms with van der Waals surface area (Å²) in [4.78, 5) is 37.4. The first-order valence-corrected chi connectivity index (χ1v) is 11.7. The van der Waals surface area contributed by atoms with Crippen molar-refractivity contribution >= 4 is 17.5 Å². The third-order valence-corrected chi connectivity index (χ3v) is 9.77. The van der Waals surface area contributed by atoms with Crippen LogP contribution >= 0.6 is 0 Å². The van der Waals surface area contributed by atoms with Crippen molar-refractivity contribution in [1.82, 2.24) is 0 Å². The normalized spacial score (nSPS) is 50.1. The molecule has 0 radical (unpaired) electrons. The Bertz CT molecular complexity index is 899. The number of aliphatic hydroxyl groups excluding tert-OH is 2. The molecule has 0 aromatic rings. The van der Waals surface area contributed by atoms with Gasteiger partial charge in [0.15, 0.2) is 11.4 Å². The van der Waals surface area contributed by atoms with Crippen molar-refractivity contribution in [3.8, 4) is 0 Å². The van der Waals surface area contributed by atoms with Gasteiger partial charge in [-0.1, -0.05) is 33.3 Å². The predicted octanol–water partition coefficient (Wildman–Crippen LogP) is 2.94. The zero-order chi connectivity index (χ0) is 23.9. The number of ether oxygens (including phenoxy) is 1. The molecule has 32 heavy (non-hydrogen) atoms. The molecule has 7 heteroatoms. The summed E-state index contributed by atoms with van der Waals surface area (Å²) in [5.41, 5.74) is -4.77. The molecule has 6 nitrogen and oxygen atoms in total. The summed E-state index contributed by atoms with van der Waals surface area (Å²) < 4.78 is 23.1. The van der Waals surface area contributed by atoms with E-state index >= 15 is 4.39 Å². The first-order valence-electron chi connectivity index (χ1n) is 11.7. The summed E-state index contributed by atoms with van der Waals surface area (Å²) in [6.45, 7) is 7.89. The molecule has 3 fully saturated rings. The first kappa shape index (κ1) is 23.6. The molecule has 4 aliphatic rings. The van der Waals surface area contributed by atoms with Crippen molar-refractivity contribution < 1.29 is 33.7 Å². The molecule has 0 spiro atoms. The molecule has 2 N–H and O–H groups in total. The summed E-state index contributed by atoms with van der Waals surface area (Å²) in [6, 6.07) is 0. The summed E-state index contributed by atoms with van der Waals surface area (Å²) in [5, 5.41) is 21.2. The maximum Gasteiger partial charge on any atom is 0.303 e. The molecule has 178 valence electrons. The van der Waals surface area contributed by atoms with Crippen LogP contribution in [-0.4, -0.2) is 51.7 Å². The van der Waals surface area contributed by atoms with Crippen molar-refractivity contribution in [2.24, 2.45) is 34.5 Å². The zero-order valence-corrected chi connectivity index (χ0v) is 19.6. The molecule has 0 unspecified atom stereocenters. The lowest BCUT2D eigenvalue weighted by Crippen LogP contribution is -2.71. The average Bonchev–Trinajstić information content (AvgIpc) is 2.92. The van der Waals surface area contributed by atoms with Gasteiger partial charge < -0.3 is 14.9 Å². The summed E-state index contributed by atoms with van der Waals surface area (Å²) in [7, 11) is 0. The molecule has 9 atom stereocenters. The number of alkyl halides is 1. The molecule has 0 aromatic heterocycles. The van der Waals surface area contributed by atoms with Crippen LogP contribution < -0.4 is 0 Å². The quantitative estimate of drug-likeness (QED) is 0.641. The van der Waals surface area contributed by atoms with Crippen LogP contribution in [0, 0.1) is 34.5 Å². The van der Waals surface area contributed by atoms with Gasteiger partial charge in [0.05, 0.1) is 6.10 Å². The fraction of sp³-hybridized carbons (Fsp3) is 0.800. The number of halogens is 1. The van der Waals surface area contributed by atoms with E-state index in [4.69, 9.17) is 4.74 Å². The highest BCUT2D eigenvalue weighted by molar-refractivity contribution is 5.93. The number of Topliss-reactive ketones (excluding diaryl/α,β-unsaturated/α-hetero) is 1. The van der Waals surface area contributed by atoms with Crippen molar-refractivity contribution in [3.63, 3.8) is 0 Å². The van der Waals surface area contributed by atoms with Crippen LogP contribution in [0.15, 0.2) is 11.6 Å². The second-order valence-corrected chi connectivity index (χ2v) is 11.2. The molecule has 0 saturated heterocycles. The lowest BCUT2D eigenvalue weighted by molar-refractivity contribution is -0.237. The minimum Gasteiger partial charge on any atom is -0.450 e. The van der Waals surface area contributed by atoms with E-state index in [1.807, 2.05) is 27.7 Å². The topological polar surface area (TPSA) is 101 Å². The molecule has 0 heterocycles. The smallest absolute Gasteiger partial charge is 0.303 e. The Morgan fingerprint density at radius 2 is 1.88 bits per heavy atom. The second kappa shape index (κ2) is 7.20. The van der Waals surface area contributed by atoms with E-state index in [2.05, 4.69) is 0 Å². The number of hydrogen-bond donors (Lipinski definition) is 2. The van der Waals surface area contributed by atoms with Crippen molar-refractivity contribution in [1.29, 1.82) is 0 Å². The van der Waals surface area contributed by atoms with E-state index in [1.165, 1.54) is 6.92 Å². The molecule has 4 aliphatic carbocycles. The minimum atomic E-state index is -1.95. The van der Waals surface area contributed by atoms with E-state index in [0.717, 1.165) is 5.57 Å². The van der Waals surface area contributed by atoms with Gasteiger partial charge in [-0.3, -0.25) is 14.4 Å². The summed E-state index contributed by atoms with van der Waals surface area (Å²) >= 11 is 0. The number of rotatable bonds is 3. The van der Waals surface area contributed by atoms with Gasteiger partial charge >= 0.3 is 5.97 Å². The Balaban J connectivity index is 1.88. The number of esters is 1. The number of carbonyl (C=O) groups excluding carboxylic acids is 3. The predicted molar refractivity (Wildman–Crippen MR) is 114 cm³/mol. The van der Waals surface area contributed by atoms with Gasteiger partial charge in [-0.15, -0.1) is 0 Å². The van der Waals surface area contributed by atoms with Crippen molar-refractivity contribution in [2.75, 3.05) is 6.61 Å². The Kier molecular flexibility index (Phi) is 5.30. The van der Waals surface area contributed by atoms with E-state index in [1.54, 1.807) is 6.08 Å². The minimum absolute atomic E-state index is 0.00146. The highest BCUT2D eigenvalue weighted by Gasteiger charge is 2.77. The van der Waals surface area contributed by atoms with Gasteiger partial charge in [0.25, 0.3) is 0 Å². The van der Waals surface area contributed by atoms with Crippen molar-refractivity contribution in [3.05, 3.63) is 11.6 Å². The van der Waals surface area contributed by atoms with Crippen LogP contribution in [-0.2, 0) is 19.1 Å². The monoisotopic (exact) mass is 450 g/mol. The molecule has 0 bridgehead atoms. The van der Waals surface area contributed by atoms with Gasteiger partial charge in [0.2, 0.25) is 5.78 Å². The van der Waals surface area contributed by atoms with Crippen LogP contribution in [0.2, 0.25) is 0 Å². The van der Waals surface area contributed by atoms with Crippen LogP contribution in [0.25, 0.3) is 0 Å². The molecule has 0 amide bonds. The number of fused-ring (bicyclic) bond motifs is 5. The molecule has 0 aliphatic heterocycles. The van der Waals surface area contributed by atoms with Gasteiger partial charge in [-0.2, -0.15) is 0 Å². The van der Waals surface area contributed by atoms with Gasteiger partial charge in [0, 0.05) is 36.0 Å². The lowest BCUT2D eigenvalue weighted by atomic mass is 9.42. The fourth-order valence-electron chi connectivity index (χ4n) is 8.50. The molecule has 4 rings (SSSR count). The van der Waals surface area contributed by atoms with Gasteiger partial charge in [0.1, 0.15) is 12.3 Å². The number of ketones is 2. The maximum atomic E-state index is 17.3. The number of allylic oxidation sites excluding steroid dienone is 1. The summed E-state index contributed by atoms with van der Waals surface area (Å²) in [5.74, 6) is -2.58. The van der Waals surface area contributed by atoms with Crippen molar-refractivity contribution in [2.45, 2.75) is 84.1 Å². The SMILES string of the molecule is CC(=O)O[C@]1(C(=O)CO)[C@H](C)C[C@H]2[C@@H]3C[C@H](C)C4=CC(=O)CC[C@]4(C)[C@@]3(F)[C@@H](O)C[C@@]21C. The Hall–Kier alpha value is -1.60. The highest BCUT2D eigenvalue weighted by Crippen LogP contribution is 2.72. The van der Waals surface area contributed by atoms with Gasteiger partial charge in [-0.25, -0.2) is 4.39 Å². The average molecular weight is 451 g/mol. The molecular weight excluding hydrogens is 415 g/mol. The number of carbonyl (C=O) groups is 3. The molecular formula is C25H35FO6. The highest BCUT2D eigenvalue weighted by atomic mass is 19.1. The van der Waals surface area contributed by atoms with E-state index in [-0.39, 0.29) is 30.5 Å². The first-order chi connectivity index (χ1) is 14.8. The maximum absolute atomic E-state index is 17.3. The zero-order valence-electron chi connectivity index (χ0n) is 19.6. The number of aliphatic hydroxyl groups is 2. The lowest BCUT2D eigenvalue weighted by Gasteiger charge is -2.64. The standard InChI is InChI=1S/C25H35FO6/c1-13-8-19-18-9-14(2)25(21(31)12-27,32-15(3)28)23(18,5)11-20(30)24(19,26)22(4)7-6-16(29)10-17(13)22/h10,13-14,18-20,27,30H,6-9,11-12H2,1-5H3/t13-,14+,18-,19-,20-,22-,23-,24-,25-/m0/s1. The van der Waals surface area contributed by atoms with E-state index in [0.29, 0.717) is 19.3 Å². The second-order valence-electron chi connectivity index (χ2n) is 11.2.